The summed E-state index contributed by atoms with van der Waals surface area (Å²) in [4.78, 5) is 0.416. The Morgan fingerprint density at radius 3 is 2.77 bits per heavy atom. The summed E-state index contributed by atoms with van der Waals surface area (Å²) in [6, 6.07) is 5.67. The average Bonchev–Trinajstić information content (AvgIpc) is 3.33. The summed E-state index contributed by atoms with van der Waals surface area (Å²) in [5, 5.41) is 8.23. The van der Waals surface area contributed by atoms with Crippen molar-refractivity contribution < 1.29 is 13.2 Å². The first-order valence-electron chi connectivity index (χ1n) is 9.26. The first-order valence-corrected chi connectivity index (χ1v) is 10.7. The zero-order valence-electron chi connectivity index (χ0n) is 14.5. The normalized spacial score (nSPS) is 23.9. The van der Waals surface area contributed by atoms with Crippen LogP contribution in [0.5, 0.6) is 0 Å². The van der Waals surface area contributed by atoms with E-state index in [0.29, 0.717) is 18.0 Å². The van der Waals surface area contributed by atoms with E-state index in [1.165, 1.54) is 11.1 Å². The Hall–Kier alpha value is -1.77. The molecule has 0 spiro atoms. The van der Waals surface area contributed by atoms with Crippen LogP contribution >= 0.6 is 0 Å². The molecule has 0 bridgehead atoms. The van der Waals surface area contributed by atoms with Gasteiger partial charge in [-0.2, -0.15) is 4.31 Å². The Bertz CT molecular complexity index is 928. The maximum absolute atomic E-state index is 12.9. The van der Waals surface area contributed by atoms with Crippen LogP contribution in [0.2, 0.25) is 0 Å². The van der Waals surface area contributed by atoms with E-state index in [1.807, 2.05) is 16.7 Å². The average molecular weight is 374 g/mol. The molecule has 0 radical (unpaired) electrons. The van der Waals surface area contributed by atoms with Gasteiger partial charge in [0.25, 0.3) is 0 Å². The Morgan fingerprint density at radius 1 is 1.12 bits per heavy atom. The lowest BCUT2D eigenvalue weighted by molar-refractivity contribution is 0.0944. The van der Waals surface area contributed by atoms with Gasteiger partial charge in [0.2, 0.25) is 10.0 Å². The van der Waals surface area contributed by atoms with Gasteiger partial charge in [-0.3, -0.25) is 0 Å². The molecule has 1 aliphatic carbocycles. The minimum absolute atomic E-state index is 0.0140. The Labute approximate surface area is 153 Å². The van der Waals surface area contributed by atoms with Crippen molar-refractivity contribution in [2.45, 2.75) is 49.1 Å². The third-order valence-electron chi connectivity index (χ3n) is 5.75. The van der Waals surface area contributed by atoms with Crippen LogP contribution in [0.15, 0.2) is 29.4 Å². The van der Waals surface area contributed by atoms with E-state index >= 15 is 0 Å². The van der Waals surface area contributed by atoms with Gasteiger partial charge in [-0.25, -0.2) is 8.42 Å². The molecule has 7 nitrogen and oxygen atoms in total. The van der Waals surface area contributed by atoms with Crippen molar-refractivity contribution in [2.75, 3.05) is 19.7 Å². The molecule has 26 heavy (non-hydrogen) atoms. The van der Waals surface area contributed by atoms with Crippen LogP contribution < -0.4 is 0 Å². The van der Waals surface area contributed by atoms with Gasteiger partial charge in [-0.1, -0.05) is 6.07 Å². The number of hydrogen-bond donors (Lipinski definition) is 0. The van der Waals surface area contributed by atoms with Crippen LogP contribution in [0.3, 0.4) is 0 Å². The van der Waals surface area contributed by atoms with Gasteiger partial charge >= 0.3 is 0 Å². The molecule has 138 valence electrons. The number of hydrogen-bond acceptors (Lipinski definition) is 5. The largest absolute Gasteiger partial charge is 0.370 e. The summed E-state index contributed by atoms with van der Waals surface area (Å²) in [6.45, 7) is 1.66. The lowest BCUT2D eigenvalue weighted by Crippen LogP contribution is -2.50. The maximum atomic E-state index is 12.9. The predicted octanol–water partition coefficient (Wildman–Crippen LogP) is 1.86. The Kier molecular flexibility index (Phi) is 3.88. The van der Waals surface area contributed by atoms with Crippen molar-refractivity contribution in [1.82, 2.24) is 19.1 Å². The van der Waals surface area contributed by atoms with E-state index < -0.39 is 10.0 Å². The summed E-state index contributed by atoms with van der Waals surface area (Å²) in [5.41, 5.74) is 2.47. The molecule has 8 heteroatoms. The van der Waals surface area contributed by atoms with E-state index in [0.717, 1.165) is 44.5 Å². The van der Waals surface area contributed by atoms with Crippen molar-refractivity contribution in [3.8, 4) is 0 Å². The fourth-order valence-corrected chi connectivity index (χ4v) is 5.76. The second-order valence-corrected chi connectivity index (χ2v) is 9.30. The molecule has 1 aromatic heterocycles. The zero-order valence-corrected chi connectivity index (χ0v) is 15.4. The van der Waals surface area contributed by atoms with Crippen LogP contribution in [0.4, 0.5) is 0 Å². The van der Waals surface area contributed by atoms with Gasteiger partial charge in [0.1, 0.15) is 12.4 Å². The van der Waals surface area contributed by atoms with Crippen LogP contribution in [-0.4, -0.2) is 47.2 Å². The molecule has 5 rings (SSSR count). The Balaban J connectivity index is 1.33. The summed E-state index contributed by atoms with van der Waals surface area (Å²) in [5.74, 6) is 0.821. The summed E-state index contributed by atoms with van der Waals surface area (Å²) >= 11 is 0. The highest BCUT2D eigenvalue weighted by Gasteiger charge is 2.40. The zero-order chi connectivity index (χ0) is 17.7. The minimum atomic E-state index is -3.43. The number of aryl methyl sites for hydroxylation is 2. The van der Waals surface area contributed by atoms with Gasteiger partial charge in [0.05, 0.1) is 10.9 Å². The third kappa shape index (κ3) is 2.59. The third-order valence-corrected chi connectivity index (χ3v) is 7.58. The van der Waals surface area contributed by atoms with Crippen LogP contribution in [-0.2, 0) is 27.6 Å². The lowest BCUT2D eigenvalue weighted by Gasteiger charge is -2.39. The monoisotopic (exact) mass is 374 g/mol. The molecule has 2 aliphatic heterocycles. The van der Waals surface area contributed by atoms with E-state index in [2.05, 4.69) is 10.2 Å². The van der Waals surface area contributed by atoms with Crippen molar-refractivity contribution in [3.05, 3.63) is 41.5 Å². The highest BCUT2D eigenvalue weighted by atomic mass is 32.2. The van der Waals surface area contributed by atoms with Gasteiger partial charge < -0.3 is 9.30 Å². The molecule has 0 N–H and O–H groups in total. The number of nitrogens with zero attached hydrogens (tertiary/aromatic N) is 4. The first kappa shape index (κ1) is 16.4. The lowest BCUT2D eigenvalue weighted by atomic mass is 10.1. The molecule has 2 saturated heterocycles. The number of aromatic nitrogens is 3. The number of sulfonamides is 1. The first-order chi connectivity index (χ1) is 12.6. The summed E-state index contributed by atoms with van der Waals surface area (Å²) in [6.07, 6.45) is 6.81. The van der Waals surface area contributed by atoms with E-state index in [9.17, 15) is 8.42 Å². The van der Waals surface area contributed by atoms with Gasteiger partial charge in [0, 0.05) is 19.7 Å². The van der Waals surface area contributed by atoms with Gasteiger partial charge in [0.15, 0.2) is 5.82 Å². The van der Waals surface area contributed by atoms with Crippen molar-refractivity contribution >= 4 is 10.0 Å². The van der Waals surface area contributed by atoms with E-state index in [1.54, 1.807) is 16.7 Å². The molecule has 3 aliphatic rings. The molecule has 0 saturated carbocycles. The molecule has 0 amide bonds. The topological polar surface area (TPSA) is 77.3 Å². The van der Waals surface area contributed by atoms with E-state index in [4.69, 9.17) is 4.74 Å². The number of fused-ring (bicyclic) bond motifs is 1. The number of rotatable bonds is 4. The smallest absolute Gasteiger partial charge is 0.243 e. The fraction of sp³-hybridized carbons (Fsp3) is 0.556. The molecule has 1 atom stereocenters. The SMILES string of the molecule is O=S(=O)(c1ccc2c(c1)CCC2)N1CC(n2cnnc2C2CCCO2)C1. The molecule has 2 aromatic rings. The van der Waals surface area contributed by atoms with Crippen LogP contribution in [0, 0.1) is 0 Å². The fourth-order valence-electron chi connectivity index (χ4n) is 4.19. The second-order valence-electron chi connectivity index (χ2n) is 7.36. The predicted molar refractivity (Wildman–Crippen MR) is 94.2 cm³/mol. The van der Waals surface area contributed by atoms with Crippen molar-refractivity contribution in [1.29, 1.82) is 0 Å². The molecular weight excluding hydrogens is 352 g/mol. The molecule has 1 unspecified atom stereocenters. The highest BCUT2D eigenvalue weighted by molar-refractivity contribution is 7.89. The quantitative estimate of drug-likeness (QED) is 0.816. The molecule has 1 aromatic carbocycles. The van der Waals surface area contributed by atoms with Crippen molar-refractivity contribution in [2.24, 2.45) is 0 Å². The molecule has 3 heterocycles. The minimum Gasteiger partial charge on any atom is -0.370 e. The van der Waals surface area contributed by atoms with Gasteiger partial charge in [-0.15, -0.1) is 10.2 Å². The maximum Gasteiger partial charge on any atom is 0.243 e. The molecule has 2 fully saturated rings. The summed E-state index contributed by atoms with van der Waals surface area (Å²) in [7, 11) is -3.43. The molecular formula is C18H22N4O3S. The van der Waals surface area contributed by atoms with Crippen molar-refractivity contribution in [3.63, 3.8) is 0 Å². The van der Waals surface area contributed by atoms with Crippen LogP contribution in [0.25, 0.3) is 0 Å². The Morgan fingerprint density at radius 2 is 1.96 bits per heavy atom. The van der Waals surface area contributed by atoms with E-state index in [-0.39, 0.29) is 12.1 Å². The number of benzene rings is 1. The summed E-state index contributed by atoms with van der Waals surface area (Å²) < 4.78 is 35.1. The standard InChI is InChI=1S/C18H22N4O3S/c23-26(24,16-7-6-13-3-1-4-14(13)9-16)21-10-15(11-21)22-12-19-20-18(22)17-5-2-8-25-17/h6-7,9,12,15,17H,1-5,8,10-11H2. The highest BCUT2D eigenvalue weighted by Crippen LogP contribution is 2.34. The number of ether oxygens (including phenoxy) is 1. The van der Waals surface area contributed by atoms with Gasteiger partial charge in [-0.05, 0) is 55.4 Å². The second kappa shape index (κ2) is 6.14. The van der Waals surface area contributed by atoms with Crippen LogP contribution in [0.1, 0.15) is 48.4 Å².